The molecule has 2 aromatic carbocycles. The van der Waals surface area contributed by atoms with Crippen molar-refractivity contribution in [3.63, 3.8) is 0 Å². The average molecular weight is 259 g/mol. The van der Waals surface area contributed by atoms with Crippen molar-refractivity contribution in [3.05, 3.63) is 53.8 Å². The first-order valence-corrected chi connectivity index (χ1v) is 6.47. The van der Waals surface area contributed by atoms with Crippen LogP contribution >= 0.6 is 11.8 Å². The standard InChI is InChI=1S/C14H10FNOS/c1-18-13-6-4-12(5-7-13)17-14-8-11(15)3-2-10(14)9-16/h2-8H,1H3. The molecule has 0 saturated heterocycles. The number of benzene rings is 2. The second kappa shape index (κ2) is 5.56. The summed E-state index contributed by atoms with van der Waals surface area (Å²) in [5.41, 5.74) is 0.311. The van der Waals surface area contributed by atoms with Gasteiger partial charge in [0.15, 0.2) is 0 Å². The molecule has 2 nitrogen and oxygen atoms in total. The molecule has 0 fully saturated rings. The maximum Gasteiger partial charge on any atom is 0.148 e. The maximum atomic E-state index is 13.1. The molecule has 0 atom stereocenters. The summed E-state index contributed by atoms with van der Waals surface area (Å²) in [5, 5.41) is 8.91. The maximum absolute atomic E-state index is 13.1. The van der Waals surface area contributed by atoms with Gasteiger partial charge >= 0.3 is 0 Å². The Morgan fingerprint density at radius 2 is 1.89 bits per heavy atom. The summed E-state index contributed by atoms with van der Waals surface area (Å²) >= 11 is 1.63. The number of rotatable bonds is 3. The second-order valence-corrected chi connectivity index (χ2v) is 4.41. The van der Waals surface area contributed by atoms with Gasteiger partial charge in [0, 0.05) is 11.0 Å². The number of hydrogen-bond donors (Lipinski definition) is 0. The van der Waals surface area contributed by atoms with E-state index in [0.717, 1.165) is 4.90 Å². The smallest absolute Gasteiger partial charge is 0.148 e. The summed E-state index contributed by atoms with van der Waals surface area (Å²) in [6.45, 7) is 0. The van der Waals surface area contributed by atoms with Gasteiger partial charge in [-0.2, -0.15) is 5.26 Å². The van der Waals surface area contributed by atoms with Crippen LogP contribution in [0.4, 0.5) is 4.39 Å². The molecular formula is C14H10FNOS. The van der Waals surface area contributed by atoms with Crippen molar-refractivity contribution in [3.8, 4) is 17.6 Å². The minimum absolute atomic E-state index is 0.231. The van der Waals surface area contributed by atoms with E-state index in [1.54, 1.807) is 23.9 Å². The van der Waals surface area contributed by atoms with Gasteiger partial charge in [0.2, 0.25) is 0 Å². The Kier molecular flexibility index (Phi) is 3.85. The Labute approximate surface area is 109 Å². The first-order chi connectivity index (χ1) is 8.72. The minimum atomic E-state index is -0.426. The fourth-order valence-corrected chi connectivity index (χ4v) is 1.85. The monoisotopic (exact) mass is 259 g/mol. The number of thioether (sulfide) groups is 1. The van der Waals surface area contributed by atoms with E-state index in [1.165, 1.54) is 18.2 Å². The molecular weight excluding hydrogens is 249 g/mol. The molecule has 0 aliphatic rings. The van der Waals surface area contributed by atoms with Gasteiger partial charge in [-0.3, -0.25) is 0 Å². The van der Waals surface area contributed by atoms with E-state index < -0.39 is 5.82 Å². The Morgan fingerprint density at radius 3 is 2.50 bits per heavy atom. The van der Waals surface area contributed by atoms with Crippen LogP contribution in [0.1, 0.15) is 5.56 Å². The molecule has 0 aliphatic carbocycles. The van der Waals surface area contributed by atoms with E-state index in [1.807, 2.05) is 24.5 Å². The number of nitriles is 1. The van der Waals surface area contributed by atoms with Gasteiger partial charge in [0.1, 0.15) is 23.4 Å². The van der Waals surface area contributed by atoms with Crippen LogP contribution in [0.3, 0.4) is 0 Å². The normalized spacial score (nSPS) is 9.83. The third kappa shape index (κ3) is 2.82. The first kappa shape index (κ1) is 12.5. The Bertz CT molecular complexity index is 590. The third-order valence-electron chi connectivity index (χ3n) is 2.35. The molecule has 90 valence electrons. The summed E-state index contributed by atoms with van der Waals surface area (Å²) in [6.07, 6.45) is 1.98. The molecule has 0 heterocycles. The third-order valence-corrected chi connectivity index (χ3v) is 3.09. The van der Waals surface area contributed by atoms with Crippen LogP contribution in [0.2, 0.25) is 0 Å². The van der Waals surface area contributed by atoms with Crippen molar-refractivity contribution in [2.24, 2.45) is 0 Å². The highest BCUT2D eigenvalue weighted by Crippen LogP contribution is 2.27. The van der Waals surface area contributed by atoms with Gasteiger partial charge in [-0.1, -0.05) is 0 Å². The molecule has 0 N–H and O–H groups in total. The van der Waals surface area contributed by atoms with Crippen LogP contribution in [0, 0.1) is 17.1 Å². The Morgan fingerprint density at radius 1 is 1.17 bits per heavy atom. The molecule has 2 rings (SSSR count). The fourth-order valence-electron chi connectivity index (χ4n) is 1.44. The van der Waals surface area contributed by atoms with Crippen molar-refractivity contribution >= 4 is 11.8 Å². The topological polar surface area (TPSA) is 33.0 Å². The van der Waals surface area contributed by atoms with Crippen molar-refractivity contribution in [2.75, 3.05) is 6.26 Å². The molecule has 0 spiro atoms. The molecule has 18 heavy (non-hydrogen) atoms. The van der Waals surface area contributed by atoms with Gasteiger partial charge in [-0.05, 0) is 42.7 Å². The highest BCUT2D eigenvalue weighted by Gasteiger charge is 2.06. The lowest BCUT2D eigenvalue weighted by Gasteiger charge is -2.07. The molecule has 0 bridgehead atoms. The van der Waals surface area contributed by atoms with Gasteiger partial charge < -0.3 is 4.74 Å². The molecule has 2 aromatic rings. The molecule has 4 heteroatoms. The predicted molar refractivity (Wildman–Crippen MR) is 69.4 cm³/mol. The summed E-state index contributed by atoms with van der Waals surface area (Å²) in [6, 6.07) is 13.2. The van der Waals surface area contributed by atoms with Crippen LogP contribution in [0.25, 0.3) is 0 Å². The lowest BCUT2D eigenvalue weighted by Crippen LogP contribution is -1.89. The highest BCUT2D eigenvalue weighted by atomic mass is 32.2. The van der Waals surface area contributed by atoms with E-state index in [-0.39, 0.29) is 5.75 Å². The SMILES string of the molecule is CSc1ccc(Oc2cc(F)ccc2C#N)cc1. The van der Waals surface area contributed by atoms with E-state index in [2.05, 4.69) is 0 Å². The average Bonchev–Trinajstić information content (AvgIpc) is 2.40. The Balaban J connectivity index is 2.27. The molecule has 0 unspecified atom stereocenters. The predicted octanol–water partition coefficient (Wildman–Crippen LogP) is 4.21. The molecule has 0 aliphatic heterocycles. The van der Waals surface area contributed by atoms with E-state index >= 15 is 0 Å². The zero-order valence-corrected chi connectivity index (χ0v) is 10.5. The van der Waals surface area contributed by atoms with E-state index in [4.69, 9.17) is 10.00 Å². The fraction of sp³-hybridized carbons (Fsp3) is 0.0714. The van der Waals surface area contributed by atoms with Gasteiger partial charge in [-0.15, -0.1) is 11.8 Å². The van der Waals surface area contributed by atoms with Crippen molar-refractivity contribution in [1.82, 2.24) is 0 Å². The van der Waals surface area contributed by atoms with Crippen LogP contribution < -0.4 is 4.74 Å². The van der Waals surface area contributed by atoms with Crippen LogP contribution in [-0.2, 0) is 0 Å². The zero-order chi connectivity index (χ0) is 13.0. The lowest BCUT2D eigenvalue weighted by atomic mass is 10.2. The summed E-state index contributed by atoms with van der Waals surface area (Å²) in [7, 11) is 0. The van der Waals surface area contributed by atoms with Gasteiger partial charge in [0.25, 0.3) is 0 Å². The van der Waals surface area contributed by atoms with Crippen LogP contribution in [-0.4, -0.2) is 6.26 Å². The first-order valence-electron chi connectivity index (χ1n) is 5.24. The summed E-state index contributed by atoms with van der Waals surface area (Å²) in [4.78, 5) is 1.11. The summed E-state index contributed by atoms with van der Waals surface area (Å²) < 4.78 is 18.6. The van der Waals surface area contributed by atoms with E-state index in [0.29, 0.717) is 11.3 Å². The van der Waals surface area contributed by atoms with Crippen LogP contribution in [0.15, 0.2) is 47.4 Å². The number of hydrogen-bond acceptors (Lipinski definition) is 3. The van der Waals surface area contributed by atoms with Gasteiger partial charge in [-0.25, -0.2) is 4.39 Å². The number of halogens is 1. The minimum Gasteiger partial charge on any atom is -0.456 e. The highest BCUT2D eigenvalue weighted by molar-refractivity contribution is 7.98. The largest absolute Gasteiger partial charge is 0.456 e. The van der Waals surface area contributed by atoms with E-state index in [9.17, 15) is 4.39 Å². The van der Waals surface area contributed by atoms with Crippen LogP contribution in [0.5, 0.6) is 11.5 Å². The molecule has 0 radical (unpaired) electrons. The second-order valence-electron chi connectivity index (χ2n) is 3.53. The quantitative estimate of drug-likeness (QED) is 0.774. The summed E-state index contributed by atoms with van der Waals surface area (Å²) in [5.74, 6) is 0.383. The van der Waals surface area contributed by atoms with Gasteiger partial charge in [0.05, 0.1) is 5.56 Å². The van der Waals surface area contributed by atoms with Crippen molar-refractivity contribution in [2.45, 2.75) is 4.90 Å². The molecule has 0 aromatic heterocycles. The molecule has 0 amide bonds. The number of ether oxygens (including phenoxy) is 1. The Hall–Kier alpha value is -1.99. The van der Waals surface area contributed by atoms with Crippen molar-refractivity contribution < 1.29 is 9.13 Å². The molecule has 0 saturated carbocycles. The lowest BCUT2D eigenvalue weighted by molar-refractivity contribution is 0.475. The van der Waals surface area contributed by atoms with Crippen molar-refractivity contribution in [1.29, 1.82) is 5.26 Å². The number of nitrogens with zero attached hydrogens (tertiary/aromatic N) is 1. The zero-order valence-electron chi connectivity index (χ0n) is 9.68.